The lowest BCUT2D eigenvalue weighted by atomic mass is 10.1. The van der Waals surface area contributed by atoms with Crippen molar-refractivity contribution in [3.63, 3.8) is 0 Å². The van der Waals surface area contributed by atoms with Crippen LogP contribution < -0.4 is 5.32 Å². The zero-order valence-electron chi connectivity index (χ0n) is 10.9. The van der Waals surface area contributed by atoms with E-state index in [2.05, 4.69) is 15.3 Å². The van der Waals surface area contributed by atoms with Gasteiger partial charge in [0.25, 0.3) is 0 Å². The molecule has 2 aromatic heterocycles. The van der Waals surface area contributed by atoms with Gasteiger partial charge in [0.1, 0.15) is 0 Å². The summed E-state index contributed by atoms with van der Waals surface area (Å²) >= 11 is 0. The van der Waals surface area contributed by atoms with Gasteiger partial charge >= 0.3 is 0 Å². The van der Waals surface area contributed by atoms with E-state index in [1.54, 1.807) is 6.20 Å². The van der Waals surface area contributed by atoms with Crippen LogP contribution in [0, 0.1) is 11.9 Å². The molecule has 0 bridgehead atoms. The number of pyridine rings is 1. The molecular formula is C15H11F2N3O. The molecule has 2 N–H and O–H groups in total. The van der Waals surface area contributed by atoms with E-state index in [9.17, 15) is 13.6 Å². The molecule has 3 rings (SSSR count). The van der Waals surface area contributed by atoms with Crippen LogP contribution in [0.3, 0.4) is 0 Å². The average molecular weight is 287 g/mol. The van der Waals surface area contributed by atoms with Gasteiger partial charge in [0.15, 0.2) is 0 Å². The zero-order chi connectivity index (χ0) is 14.8. The topological polar surface area (TPSA) is 57.8 Å². The summed E-state index contributed by atoms with van der Waals surface area (Å²) in [6.45, 7) is 0. The summed E-state index contributed by atoms with van der Waals surface area (Å²) in [6, 6.07) is 9.70. The highest BCUT2D eigenvalue weighted by Gasteiger charge is 2.12. The van der Waals surface area contributed by atoms with Crippen molar-refractivity contribution in [1.82, 2.24) is 9.97 Å². The molecule has 0 atom stereocenters. The van der Waals surface area contributed by atoms with Gasteiger partial charge in [0.05, 0.1) is 12.1 Å². The number of aromatic amines is 1. The number of hydrogen-bond acceptors (Lipinski definition) is 2. The van der Waals surface area contributed by atoms with E-state index in [0.29, 0.717) is 0 Å². The Balaban J connectivity index is 1.77. The van der Waals surface area contributed by atoms with Gasteiger partial charge in [-0.1, -0.05) is 18.2 Å². The second-order valence-electron chi connectivity index (χ2n) is 4.56. The quantitative estimate of drug-likeness (QED) is 0.727. The second kappa shape index (κ2) is 5.32. The van der Waals surface area contributed by atoms with Crippen molar-refractivity contribution < 1.29 is 13.6 Å². The molecule has 0 saturated heterocycles. The first-order valence-corrected chi connectivity index (χ1v) is 6.30. The number of halogens is 2. The molecule has 0 fully saturated rings. The van der Waals surface area contributed by atoms with Crippen LogP contribution in [0.25, 0.3) is 10.9 Å². The van der Waals surface area contributed by atoms with Crippen molar-refractivity contribution in [1.29, 1.82) is 0 Å². The van der Waals surface area contributed by atoms with Gasteiger partial charge in [-0.25, -0.2) is 0 Å². The summed E-state index contributed by atoms with van der Waals surface area (Å²) < 4.78 is 26.1. The van der Waals surface area contributed by atoms with Gasteiger partial charge in [-0.15, -0.1) is 0 Å². The number of para-hydroxylation sites is 1. The molecule has 0 spiro atoms. The Kier molecular flexibility index (Phi) is 3.35. The number of anilines is 1. The summed E-state index contributed by atoms with van der Waals surface area (Å²) in [5.41, 5.74) is 1.59. The molecule has 0 unspecified atom stereocenters. The van der Waals surface area contributed by atoms with Crippen LogP contribution in [0.2, 0.25) is 0 Å². The van der Waals surface area contributed by atoms with Gasteiger partial charge in [0, 0.05) is 17.1 Å². The number of hydrogen-bond donors (Lipinski definition) is 2. The van der Waals surface area contributed by atoms with E-state index < -0.39 is 17.8 Å². The SMILES string of the molecule is O=C(Cc1c[nH]c2ccccc12)Nc1ccc(F)nc1F. The van der Waals surface area contributed by atoms with Crippen LogP contribution in [-0.2, 0) is 11.2 Å². The number of rotatable bonds is 3. The lowest BCUT2D eigenvalue weighted by Gasteiger charge is -2.05. The first kappa shape index (κ1) is 13.2. The number of nitrogens with one attached hydrogen (secondary N) is 2. The molecule has 4 nitrogen and oxygen atoms in total. The standard InChI is InChI=1S/C15H11F2N3O/c16-13-6-5-12(15(17)20-13)19-14(21)7-9-8-18-11-4-2-1-3-10(9)11/h1-6,8,18H,7H2,(H,19,21). The summed E-state index contributed by atoms with van der Waals surface area (Å²) in [5, 5.41) is 3.32. The molecule has 3 aromatic rings. The Morgan fingerprint density at radius 1 is 1.19 bits per heavy atom. The van der Waals surface area contributed by atoms with Gasteiger partial charge in [-0.2, -0.15) is 13.8 Å². The van der Waals surface area contributed by atoms with Crippen LogP contribution in [0.1, 0.15) is 5.56 Å². The lowest BCUT2D eigenvalue weighted by Crippen LogP contribution is -2.15. The highest BCUT2D eigenvalue weighted by Crippen LogP contribution is 2.19. The van der Waals surface area contributed by atoms with Crippen molar-refractivity contribution in [3.05, 3.63) is 60.1 Å². The summed E-state index contributed by atoms with van der Waals surface area (Å²) in [4.78, 5) is 18.0. The normalized spacial score (nSPS) is 10.8. The molecule has 1 aromatic carbocycles. The van der Waals surface area contributed by atoms with Crippen LogP contribution >= 0.6 is 0 Å². The van der Waals surface area contributed by atoms with Crippen molar-refractivity contribution >= 4 is 22.5 Å². The zero-order valence-corrected chi connectivity index (χ0v) is 10.9. The molecule has 2 heterocycles. The predicted molar refractivity (Wildman–Crippen MR) is 74.8 cm³/mol. The number of nitrogens with zero attached hydrogens (tertiary/aromatic N) is 1. The van der Waals surface area contributed by atoms with E-state index in [0.717, 1.165) is 28.6 Å². The Morgan fingerprint density at radius 3 is 2.81 bits per heavy atom. The number of aromatic nitrogens is 2. The fraction of sp³-hybridized carbons (Fsp3) is 0.0667. The Hall–Kier alpha value is -2.76. The third-order valence-electron chi connectivity index (χ3n) is 3.11. The van der Waals surface area contributed by atoms with Gasteiger partial charge in [0.2, 0.25) is 17.8 Å². The molecular weight excluding hydrogens is 276 g/mol. The smallest absolute Gasteiger partial charge is 0.239 e. The van der Waals surface area contributed by atoms with Crippen LogP contribution in [0.5, 0.6) is 0 Å². The third-order valence-corrected chi connectivity index (χ3v) is 3.11. The summed E-state index contributed by atoms with van der Waals surface area (Å²) in [7, 11) is 0. The Bertz CT molecular complexity index is 814. The van der Waals surface area contributed by atoms with Crippen molar-refractivity contribution in [2.24, 2.45) is 0 Å². The number of benzene rings is 1. The molecule has 0 aliphatic rings. The van der Waals surface area contributed by atoms with Crippen molar-refractivity contribution in [2.75, 3.05) is 5.32 Å². The van der Waals surface area contributed by atoms with Gasteiger partial charge in [-0.3, -0.25) is 4.79 Å². The average Bonchev–Trinajstić information content (AvgIpc) is 2.85. The molecule has 0 aliphatic heterocycles. The van der Waals surface area contributed by atoms with Crippen molar-refractivity contribution in [2.45, 2.75) is 6.42 Å². The second-order valence-corrected chi connectivity index (χ2v) is 4.56. The molecule has 1 amide bonds. The maximum absolute atomic E-state index is 13.4. The molecule has 0 radical (unpaired) electrons. The van der Waals surface area contributed by atoms with Gasteiger partial charge < -0.3 is 10.3 Å². The molecule has 0 saturated carbocycles. The molecule has 0 aliphatic carbocycles. The Labute approximate surface area is 118 Å². The fourth-order valence-corrected chi connectivity index (χ4v) is 2.15. The minimum Gasteiger partial charge on any atom is -0.361 e. The highest BCUT2D eigenvalue weighted by atomic mass is 19.1. The van der Waals surface area contributed by atoms with Gasteiger partial charge in [-0.05, 0) is 23.8 Å². The first-order valence-electron chi connectivity index (χ1n) is 6.30. The van der Waals surface area contributed by atoms with E-state index in [1.807, 2.05) is 24.3 Å². The molecule has 21 heavy (non-hydrogen) atoms. The van der Waals surface area contributed by atoms with E-state index in [-0.39, 0.29) is 12.1 Å². The van der Waals surface area contributed by atoms with E-state index in [4.69, 9.17) is 0 Å². The third kappa shape index (κ3) is 2.74. The maximum atomic E-state index is 13.4. The largest absolute Gasteiger partial charge is 0.361 e. The maximum Gasteiger partial charge on any atom is 0.239 e. The number of amides is 1. The monoisotopic (exact) mass is 287 g/mol. The fourth-order valence-electron chi connectivity index (χ4n) is 2.15. The van der Waals surface area contributed by atoms with E-state index in [1.165, 1.54) is 0 Å². The van der Waals surface area contributed by atoms with E-state index >= 15 is 0 Å². The van der Waals surface area contributed by atoms with Crippen LogP contribution in [-0.4, -0.2) is 15.9 Å². The lowest BCUT2D eigenvalue weighted by molar-refractivity contribution is -0.115. The molecule has 6 heteroatoms. The summed E-state index contributed by atoms with van der Waals surface area (Å²) in [6.07, 6.45) is 1.82. The predicted octanol–water partition coefficient (Wildman–Crippen LogP) is 3.02. The number of H-pyrrole nitrogens is 1. The number of carbonyl (C=O) groups excluding carboxylic acids is 1. The first-order chi connectivity index (χ1) is 10.1. The number of fused-ring (bicyclic) bond motifs is 1. The molecule has 106 valence electrons. The number of carbonyl (C=O) groups is 1. The van der Waals surface area contributed by atoms with Crippen molar-refractivity contribution in [3.8, 4) is 0 Å². The highest BCUT2D eigenvalue weighted by molar-refractivity contribution is 5.95. The Morgan fingerprint density at radius 2 is 2.00 bits per heavy atom. The van der Waals surface area contributed by atoms with Crippen LogP contribution in [0.4, 0.5) is 14.5 Å². The minimum atomic E-state index is -1.04. The minimum absolute atomic E-state index is 0.0842. The summed E-state index contributed by atoms with van der Waals surface area (Å²) in [5.74, 6) is -2.36. The van der Waals surface area contributed by atoms with Crippen LogP contribution in [0.15, 0.2) is 42.6 Å².